The molecule has 1 saturated heterocycles. The number of carbonyl (C=O) groups is 2. The summed E-state index contributed by atoms with van der Waals surface area (Å²) in [5, 5.41) is 2.86. The van der Waals surface area contributed by atoms with Crippen LogP contribution in [0.3, 0.4) is 0 Å². The van der Waals surface area contributed by atoms with Crippen molar-refractivity contribution >= 4 is 17.5 Å². The Morgan fingerprint density at radius 3 is 2.82 bits per heavy atom. The first-order valence-electron chi connectivity index (χ1n) is 7.78. The van der Waals surface area contributed by atoms with Crippen molar-refractivity contribution < 1.29 is 9.59 Å². The number of aryl methyl sites for hydroxylation is 1. The van der Waals surface area contributed by atoms with Crippen LogP contribution in [0.5, 0.6) is 0 Å². The minimum Gasteiger partial charge on any atom is -0.342 e. The number of carbonyl (C=O) groups excluding carboxylic acids is 2. The monoisotopic (exact) mass is 305 g/mol. The number of aromatic nitrogens is 1. The average molecular weight is 305 g/mol. The van der Waals surface area contributed by atoms with Crippen molar-refractivity contribution in [2.45, 2.75) is 39.7 Å². The van der Waals surface area contributed by atoms with Gasteiger partial charge in [0.2, 0.25) is 11.8 Å². The van der Waals surface area contributed by atoms with E-state index >= 15 is 0 Å². The van der Waals surface area contributed by atoms with Crippen molar-refractivity contribution in [2.75, 3.05) is 18.4 Å². The number of nitrogens with one attached hydrogen (secondary N) is 1. The number of nitrogens with zero attached hydrogens (tertiary/aromatic N) is 2. The summed E-state index contributed by atoms with van der Waals surface area (Å²) in [6.07, 6.45) is 4.15. The lowest BCUT2D eigenvalue weighted by atomic mass is 9.97. The number of rotatable bonds is 4. The summed E-state index contributed by atoms with van der Waals surface area (Å²) < 4.78 is 1.60. The van der Waals surface area contributed by atoms with Gasteiger partial charge in [0, 0.05) is 38.8 Å². The molecule has 1 aromatic rings. The van der Waals surface area contributed by atoms with E-state index in [2.05, 4.69) is 5.32 Å². The number of hydrogen-bond acceptors (Lipinski definition) is 3. The van der Waals surface area contributed by atoms with Crippen molar-refractivity contribution in [1.29, 1.82) is 0 Å². The Balaban J connectivity index is 2.04. The molecule has 2 amide bonds. The Hall–Kier alpha value is -2.11. The van der Waals surface area contributed by atoms with E-state index < -0.39 is 0 Å². The number of anilines is 1. The van der Waals surface area contributed by atoms with E-state index in [1.807, 2.05) is 6.92 Å². The second-order valence-electron chi connectivity index (χ2n) is 5.74. The molecule has 0 aliphatic carbocycles. The minimum absolute atomic E-state index is 0.00833. The SMILES string of the molecule is CCCn1cc(NC(=O)C2CCCN(C(C)=O)C2)ccc1=O. The summed E-state index contributed by atoms with van der Waals surface area (Å²) >= 11 is 0. The third kappa shape index (κ3) is 3.96. The molecule has 0 radical (unpaired) electrons. The second-order valence-corrected chi connectivity index (χ2v) is 5.74. The van der Waals surface area contributed by atoms with Crippen LogP contribution in [0, 0.1) is 5.92 Å². The number of amides is 2. The molecule has 1 aliphatic heterocycles. The third-order valence-electron chi connectivity index (χ3n) is 3.95. The average Bonchev–Trinajstić information content (AvgIpc) is 2.51. The standard InChI is InChI=1S/C16H23N3O3/c1-3-8-19-11-14(6-7-15(19)21)17-16(22)13-5-4-9-18(10-13)12(2)20/h6-7,11,13H,3-5,8-10H2,1-2H3,(H,17,22). The summed E-state index contributed by atoms with van der Waals surface area (Å²) in [5.41, 5.74) is 0.554. The molecular weight excluding hydrogens is 282 g/mol. The molecule has 6 nitrogen and oxygen atoms in total. The molecule has 1 fully saturated rings. The molecule has 22 heavy (non-hydrogen) atoms. The molecule has 120 valence electrons. The van der Waals surface area contributed by atoms with Gasteiger partial charge in [-0.2, -0.15) is 0 Å². The lowest BCUT2D eigenvalue weighted by molar-refractivity contribution is -0.132. The van der Waals surface area contributed by atoms with E-state index in [9.17, 15) is 14.4 Å². The van der Waals surface area contributed by atoms with Gasteiger partial charge in [-0.25, -0.2) is 0 Å². The first kappa shape index (κ1) is 16.3. The van der Waals surface area contributed by atoms with Crippen LogP contribution in [-0.4, -0.2) is 34.4 Å². The van der Waals surface area contributed by atoms with Gasteiger partial charge in [0.05, 0.1) is 11.6 Å². The van der Waals surface area contributed by atoms with E-state index in [0.29, 0.717) is 18.8 Å². The highest BCUT2D eigenvalue weighted by Gasteiger charge is 2.27. The Labute approximate surface area is 130 Å². The van der Waals surface area contributed by atoms with Gasteiger partial charge >= 0.3 is 0 Å². The van der Waals surface area contributed by atoms with Crippen LogP contribution >= 0.6 is 0 Å². The highest BCUT2D eigenvalue weighted by molar-refractivity contribution is 5.93. The molecule has 0 aromatic carbocycles. The summed E-state index contributed by atoms with van der Waals surface area (Å²) in [5.74, 6) is -0.272. The molecule has 1 aliphatic rings. The molecule has 2 heterocycles. The Morgan fingerprint density at radius 1 is 1.36 bits per heavy atom. The molecule has 1 aromatic heterocycles. The van der Waals surface area contributed by atoms with Crippen LogP contribution in [0.2, 0.25) is 0 Å². The second kappa shape index (κ2) is 7.24. The molecule has 0 spiro atoms. The van der Waals surface area contributed by atoms with E-state index in [1.165, 1.54) is 13.0 Å². The van der Waals surface area contributed by atoms with Crippen molar-refractivity contribution in [1.82, 2.24) is 9.47 Å². The third-order valence-corrected chi connectivity index (χ3v) is 3.95. The Kier molecular flexibility index (Phi) is 5.35. The highest BCUT2D eigenvalue weighted by atomic mass is 16.2. The largest absolute Gasteiger partial charge is 0.342 e. The van der Waals surface area contributed by atoms with Crippen LogP contribution < -0.4 is 10.9 Å². The van der Waals surface area contributed by atoms with Crippen molar-refractivity contribution in [2.24, 2.45) is 5.92 Å². The number of likely N-dealkylation sites (tertiary alicyclic amines) is 1. The van der Waals surface area contributed by atoms with E-state index in [0.717, 1.165) is 25.8 Å². The predicted molar refractivity (Wildman–Crippen MR) is 84.6 cm³/mol. The highest BCUT2D eigenvalue weighted by Crippen LogP contribution is 2.18. The molecule has 2 rings (SSSR count). The van der Waals surface area contributed by atoms with Gasteiger partial charge in [-0.15, -0.1) is 0 Å². The maximum Gasteiger partial charge on any atom is 0.250 e. The van der Waals surface area contributed by atoms with Gasteiger partial charge in [-0.3, -0.25) is 14.4 Å². The normalized spacial score (nSPS) is 18.1. The van der Waals surface area contributed by atoms with Crippen LogP contribution in [0.4, 0.5) is 5.69 Å². The fourth-order valence-electron chi connectivity index (χ4n) is 2.74. The number of piperidine rings is 1. The predicted octanol–water partition coefficient (Wildman–Crippen LogP) is 1.46. The van der Waals surface area contributed by atoms with Gasteiger partial charge in [-0.1, -0.05) is 6.92 Å². The fourth-order valence-corrected chi connectivity index (χ4v) is 2.74. The topological polar surface area (TPSA) is 71.4 Å². The van der Waals surface area contributed by atoms with Crippen molar-refractivity contribution in [3.8, 4) is 0 Å². The molecule has 1 unspecified atom stereocenters. The fraction of sp³-hybridized carbons (Fsp3) is 0.562. The maximum atomic E-state index is 12.4. The molecule has 0 saturated carbocycles. The zero-order chi connectivity index (χ0) is 16.1. The van der Waals surface area contributed by atoms with E-state index in [1.54, 1.807) is 21.7 Å². The van der Waals surface area contributed by atoms with Gasteiger partial charge in [0.1, 0.15) is 0 Å². The number of pyridine rings is 1. The van der Waals surface area contributed by atoms with Gasteiger partial charge in [0.25, 0.3) is 5.56 Å². The summed E-state index contributed by atoms with van der Waals surface area (Å²) in [7, 11) is 0. The lowest BCUT2D eigenvalue weighted by Gasteiger charge is -2.31. The van der Waals surface area contributed by atoms with Crippen LogP contribution in [0.25, 0.3) is 0 Å². The molecule has 6 heteroatoms. The quantitative estimate of drug-likeness (QED) is 0.915. The van der Waals surface area contributed by atoms with Gasteiger partial charge < -0.3 is 14.8 Å². The van der Waals surface area contributed by atoms with Crippen molar-refractivity contribution in [3.63, 3.8) is 0 Å². The van der Waals surface area contributed by atoms with E-state index in [4.69, 9.17) is 0 Å². The molecule has 1 atom stereocenters. The zero-order valence-corrected chi connectivity index (χ0v) is 13.2. The first-order valence-corrected chi connectivity index (χ1v) is 7.78. The van der Waals surface area contributed by atoms with Crippen molar-refractivity contribution in [3.05, 3.63) is 28.7 Å². The Bertz CT molecular complexity index is 609. The Morgan fingerprint density at radius 2 is 2.14 bits per heavy atom. The van der Waals surface area contributed by atoms with Crippen LogP contribution in [0.1, 0.15) is 33.1 Å². The zero-order valence-electron chi connectivity index (χ0n) is 13.2. The van der Waals surface area contributed by atoms with Crippen LogP contribution in [-0.2, 0) is 16.1 Å². The van der Waals surface area contributed by atoms with Gasteiger partial charge in [-0.05, 0) is 25.3 Å². The lowest BCUT2D eigenvalue weighted by Crippen LogP contribution is -2.42. The maximum absolute atomic E-state index is 12.4. The summed E-state index contributed by atoms with van der Waals surface area (Å²) in [6.45, 7) is 5.34. The summed E-state index contributed by atoms with van der Waals surface area (Å²) in [4.78, 5) is 37.2. The number of hydrogen-bond donors (Lipinski definition) is 1. The first-order chi connectivity index (χ1) is 10.5. The van der Waals surface area contributed by atoms with E-state index in [-0.39, 0.29) is 23.3 Å². The minimum atomic E-state index is -0.191. The molecule has 0 bridgehead atoms. The summed E-state index contributed by atoms with van der Waals surface area (Å²) in [6, 6.07) is 3.09. The molecular formula is C16H23N3O3. The van der Waals surface area contributed by atoms with Crippen LogP contribution in [0.15, 0.2) is 23.1 Å². The molecule has 1 N–H and O–H groups in total. The van der Waals surface area contributed by atoms with Gasteiger partial charge in [0.15, 0.2) is 0 Å². The smallest absolute Gasteiger partial charge is 0.250 e.